The number of benzene rings is 7. The summed E-state index contributed by atoms with van der Waals surface area (Å²) in [6.07, 6.45) is 0. The molecule has 8 aromatic rings. The zero-order valence-corrected chi connectivity index (χ0v) is 69.0. The van der Waals surface area contributed by atoms with E-state index in [0.29, 0.717) is 23.9 Å². The molecule has 0 amide bonds. The van der Waals surface area contributed by atoms with Crippen LogP contribution in [0.5, 0.6) is 11.5 Å². The van der Waals surface area contributed by atoms with Gasteiger partial charge in [0.2, 0.25) is 27.0 Å². The van der Waals surface area contributed by atoms with Gasteiger partial charge in [-0.05, 0) is 59.8 Å². The summed E-state index contributed by atoms with van der Waals surface area (Å²) in [6.45, 7) is 0. The molecule has 7 aromatic carbocycles. The zero-order valence-electron chi connectivity index (χ0n) is 47.6. The molecule has 92 heavy (non-hydrogen) atoms. The third-order valence-corrected chi connectivity index (χ3v) is 14.6. The van der Waals surface area contributed by atoms with Gasteiger partial charge >= 0.3 is 228 Å². The van der Waals surface area contributed by atoms with Gasteiger partial charge in [-0.3, -0.25) is 0 Å². The van der Waals surface area contributed by atoms with E-state index >= 15 is 0 Å². The van der Waals surface area contributed by atoms with Gasteiger partial charge < -0.3 is 43.2 Å². The molecule has 452 valence electrons. The van der Waals surface area contributed by atoms with E-state index in [4.69, 9.17) is 42.1 Å². The van der Waals surface area contributed by atoms with E-state index in [1.807, 2.05) is 0 Å². The van der Waals surface area contributed by atoms with Crippen LogP contribution in [0.2, 0.25) is 5.28 Å². The first-order valence-electron chi connectivity index (χ1n) is 21.0. The molecule has 0 atom stereocenters. The van der Waals surface area contributed by atoms with E-state index in [2.05, 4.69) is 91.3 Å². The van der Waals surface area contributed by atoms with Gasteiger partial charge in [0.1, 0.15) is 46.2 Å². The van der Waals surface area contributed by atoms with E-state index in [9.17, 15) is 70.5 Å². The van der Waals surface area contributed by atoms with Gasteiger partial charge in [-0.2, -0.15) is 65.5 Å². The first kappa shape index (κ1) is 95.2. The molecule has 0 saturated heterocycles. The number of aromatic hydroxyl groups is 2. The van der Waals surface area contributed by atoms with Gasteiger partial charge in [-0.1, -0.05) is 27.9 Å². The number of fused-ring (bicyclic) bond motifs is 3. The molecule has 5 N–H and O–H groups in total. The number of halogens is 1. The minimum absolute atomic E-state index is 0. The number of nitrogens with one attached hydrogen (secondary N) is 2. The molecule has 0 spiro atoms. The van der Waals surface area contributed by atoms with Crippen molar-refractivity contribution in [1.82, 2.24) is 15.0 Å². The number of aromatic nitrogens is 3. The van der Waals surface area contributed by atoms with E-state index in [-0.39, 0.29) is 240 Å². The number of nitrogens with zero attached hydrogens (tertiary/aromatic N) is 7. The van der Waals surface area contributed by atoms with Crippen molar-refractivity contribution in [3.8, 4) is 11.5 Å². The predicted molar refractivity (Wildman–Crippen MR) is 283 cm³/mol. The third-order valence-electron chi connectivity index (χ3n) is 9.80. The zero-order chi connectivity index (χ0) is 63.4. The van der Waals surface area contributed by atoms with Gasteiger partial charge in [0.25, 0.3) is 0 Å². The second-order valence-corrected chi connectivity index (χ2v) is 24.1. The Labute approximate surface area is 688 Å². The smallest absolute Gasteiger partial charge is 0.745 e. The Kier molecular flexibility index (Phi) is 43.7. The maximum absolute atomic E-state index is 12.6. The second kappa shape index (κ2) is 42.2. The summed E-state index contributed by atoms with van der Waals surface area (Å²) in [5.74, 6) is -4.43. The van der Waals surface area contributed by atoms with Crippen LogP contribution in [0.15, 0.2) is 131 Å². The number of rotatable bonds is 17. The molecule has 0 bridgehead atoms. The number of hydrogen-bond acceptors (Lipinski definition) is 36. The number of phenolic OH excluding ortho intramolecular Hbond substituents is 2. The normalized spacial score (nSPS) is 11.1. The molecule has 0 unspecified atom stereocenters. The van der Waals surface area contributed by atoms with Crippen molar-refractivity contribution < 1.29 is 322 Å². The summed E-state index contributed by atoms with van der Waals surface area (Å²) in [7, 11) is -31.3. The van der Waals surface area contributed by atoms with Crippen LogP contribution in [0.3, 0.4) is 0 Å². The summed E-state index contributed by atoms with van der Waals surface area (Å²) in [4.78, 5) is 11.5. The third kappa shape index (κ3) is 28.7. The van der Waals surface area contributed by atoms with Gasteiger partial charge in [-0.15, -0.1) is 83.6 Å². The molecule has 35 nitrogen and oxygen atoms in total. The van der Waals surface area contributed by atoms with Crippen molar-refractivity contribution in [2.45, 2.75) is 19.6 Å². The fourth-order valence-electron chi connectivity index (χ4n) is 6.73. The Morgan fingerprint density at radius 2 is 1.11 bits per heavy atom. The largest absolute Gasteiger partial charge is 1.00 e. The average molecular weight is 1510 g/mol. The fourth-order valence-corrected chi connectivity index (χ4v) is 10.3. The van der Waals surface area contributed by atoms with Crippen molar-refractivity contribution in [2.75, 3.05) is 22.5 Å². The number of hydrogen-bond donors (Lipinski definition) is 6. The molecule has 0 radical (unpaired) electrons. The van der Waals surface area contributed by atoms with E-state index < -0.39 is 160 Å². The maximum Gasteiger partial charge on any atom is 1.00 e. The Morgan fingerprint density at radius 3 is 1.59 bits per heavy atom. The van der Waals surface area contributed by atoms with Crippen LogP contribution in [0.1, 0.15) is 0 Å². The number of azo groups is 2. The molecule has 0 aliphatic heterocycles. The fraction of sp³-hybridized carbons (Fsp3) is 0.0488. The van der Waals surface area contributed by atoms with Crippen LogP contribution in [-0.2, 0) is 85.6 Å². The number of anilines is 4. The molecule has 0 saturated carbocycles. The van der Waals surface area contributed by atoms with Gasteiger partial charge in [0, 0.05) is 32.3 Å². The Balaban J connectivity index is -0.00000279. The molecular weight excluding hydrogens is 1490 g/mol. The summed E-state index contributed by atoms with van der Waals surface area (Å²) < 4.78 is 224. The van der Waals surface area contributed by atoms with Gasteiger partial charge in [0.05, 0.1) is 21.2 Å². The number of sulfone groups is 1. The second-order valence-electron chi connectivity index (χ2n) is 15.3. The van der Waals surface area contributed by atoms with Crippen molar-refractivity contribution in [1.29, 1.82) is 0 Å². The molecule has 1 heterocycles. The van der Waals surface area contributed by atoms with E-state index in [1.54, 1.807) is 24.3 Å². The molecule has 8 rings (SSSR count). The predicted octanol–water partition coefficient (Wildman–Crippen LogP) is -16.7. The molecule has 0 fully saturated rings. The maximum atomic E-state index is 12.6. The van der Waals surface area contributed by atoms with Crippen molar-refractivity contribution >= 4 is 174 Å². The quantitative estimate of drug-likeness (QED) is 0.00720. The van der Waals surface area contributed by atoms with E-state index in [1.165, 1.54) is 30.3 Å². The van der Waals surface area contributed by atoms with Crippen LogP contribution in [0.25, 0.3) is 32.3 Å². The Morgan fingerprint density at radius 1 is 0.598 bits per heavy atom. The minimum atomic E-state index is -5.68. The number of thiol groups is 1. The van der Waals surface area contributed by atoms with Crippen molar-refractivity contribution in [3.63, 3.8) is 0 Å². The Bertz CT molecular complexity index is 4810. The first-order chi connectivity index (χ1) is 39.5. The van der Waals surface area contributed by atoms with Crippen LogP contribution < -0.4 is 218 Å². The SMILES string of the molecule is O=S(=O)(COS)COOO.O=S(=O)([O-])c1cc(Nc2nc(Cl)nc(Nc3cc(S(=O)(=O)[O-])cc4cc(S(=O)(=O)[O-])c(N=Nc5ccc6[c-]cccc6c5S(=O)(=O)[O-])c(O)c34)n2)c2c(O)c(N=Nc3cc[c-]cc3)[c-]cc2c1.O=S(=O)=O.O=S(=O)=O.[Na+].[Na+].[Na+].[Na+].[Na+].[Na+].[Na+]. The monoisotopic (exact) mass is 1510 g/mol. The molecule has 0 aliphatic rings. The molecule has 1 aromatic heterocycles. The minimum Gasteiger partial charge on any atom is -0.745 e. The van der Waals surface area contributed by atoms with E-state index in [0.717, 1.165) is 18.2 Å². The average Bonchev–Trinajstić information content (AvgIpc) is 0.762. The molecular formula is C41H25ClN9Na7O26S8. The molecule has 0 aliphatic carbocycles. The van der Waals surface area contributed by atoms with Crippen LogP contribution in [-0.4, -0.2) is 128 Å². The first-order valence-corrected chi connectivity index (χ1v) is 31.2. The Hall–Kier alpha value is -0.960. The van der Waals surface area contributed by atoms with Crippen molar-refractivity contribution in [2.24, 2.45) is 20.5 Å². The summed E-state index contributed by atoms with van der Waals surface area (Å²) in [5, 5.41) is 52.0. The van der Waals surface area contributed by atoms with Gasteiger partial charge in [0.15, 0.2) is 17.6 Å². The summed E-state index contributed by atoms with van der Waals surface area (Å²) in [6, 6.07) is 25.5. The van der Waals surface area contributed by atoms with Crippen LogP contribution >= 0.6 is 24.5 Å². The summed E-state index contributed by atoms with van der Waals surface area (Å²) >= 11 is 9.43. The molecule has 51 heteroatoms. The van der Waals surface area contributed by atoms with Crippen LogP contribution in [0.4, 0.5) is 46.0 Å². The van der Waals surface area contributed by atoms with Crippen molar-refractivity contribution in [3.05, 3.63) is 114 Å². The standard InChI is InChI=1S/C39H23ClN9O14S4.C2H6O6S2.7Na.2O3S/c40-37-43-38(41-28-17-23(64(52,53)54)14-20-11-12-26(34(50)31(20)28)47-46-22-7-2-1-3-8-22)45-39(44-37)42-29-18-24(65(55,56)57)15-21-16-30(66(58,59)60)33(35(51)32(21)29)49-48-27-13-10-19-6-4-5-9-25(19)36(27)67(61,62)63;3-8-6-1-10(4,5)2-7-9;;;;;;;;2*1-4(2)3/h2-5,7-11,13-18,50-51H,(H,52,53,54)(H,55,56,57)(H,58,59,60)(H,61,62,63)(H2,41,42,43,44,45);3,9H,1-2H2;;;;;;;;;/q-3;;7*+1;;/p-4. The van der Waals surface area contributed by atoms with Crippen LogP contribution in [0, 0.1) is 18.2 Å². The topological polar surface area (TPSA) is 566 Å². The number of phenols is 2. The van der Waals surface area contributed by atoms with Gasteiger partial charge in [-0.25, -0.2) is 47.3 Å². The summed E-state index contributed by atoms with van der Waals surface area (Å²) in [5.41, 5.74) is -2.63.